The summed E-state index contributed by atoms with van der Waals surface area (Å²) < 4.78 is 10.8. The van der Waals surface area contributed by atoms with Crippen molar-refractivity contribution in [3.8, 4) is 11.5 Å². The molecule has 1 saturated heterocycles. The number of hydrogen-bond donors (Lipinski definition) is 2. The average molecular weight is 465 g/mol. The molecular weight excluding hydrogens is 432 g/mol. The Balaban J connectivity index is 1.27. The highest BCUT2D eigenvalue weighted by Gasteiger charge is 2.34. The van der Waals surface area contributed by atoms with Gasteiger partial charge in [0.25, 0.3) is 5.91 Å². The molecule has 7 nitrogen and oxygen atoms in total. The highest BCUT2D eigenvalue weighted by molar-refractivity contribution is 6.02. The smallest absolute Gasteiger partial charge is 0.267 e. The lowest BCUT2D eigenvalue weighted by molar-refractivity contribution is -0.124. The van der Waals surface area contributed by atoms with E-state index in [0.29, 0.717) is 17.4 Å². The molecule has 1 atom stereocenters. The number of methoxy groups -OCH3 is 2. The van der Waals surface area contributed by atoms with Gasteiger partial charge < -0.3 is 9.47 Å². The van der Waals surface area contributed by atoms with Gasteiger partial charge in [-0.2, -0.15) is 0 Å². The van der Waals surface area contributed by atoms with Gasteiger partial charge in [0.05, 0.1) is 14.2 Å². The fourth-order valence-electron chi connectivity index (χ4n) is 5.07. The lowest BCUT2D eigenvalue weighted by Crippen LogP contribution is -2.34. The lowest BCUT2D eigenvalue weighted by atomic mass is 9.85. The second kappa shape index (κ2) is 10.8. The maximum atomic E-state index is 13.0. The van der Waals surface area contributed by atoms with Crippen molar-refractivity contribution in [2.24, 2.45) is 11.8 Å². The van der Waals surface area contributed by atoms with Crippen LogP contribution in [0.5, 0.6) is 11.5 Å². The van der Waals surface area contributed by atoms with Gasteiger partial charge in [-0.25, -0.2) is 5.48 Å². The van der Waals surface area contributed by atoms with Crippen LogP contribution < -0.4 is 15.0 Å². The molecule has 1 fully saturated rings. The van der Waals surface area contributed by atoms with E-state index in [0.717, 1.165) is 62.0 Å². The molecule has 2 aliphatic rings. The van der Waals surface area contributed by atoms with Crippen molar-refractivity contribution in [2.45, 2.75) is 32.2 Å². The Hall–Kier alpha value is -3.16. The van der Waals surface area contributed by atoms with Crippen LogP contribution in [0, 0.1) is 11.8 Å². The number of hydroxylamine groups is 1. The monoisotopic (exact) mass is 464 g/mol. The summed E-state index contributed by atoms with van der Waals surface area (Å²) in [6, 6.07) is 11.9. The molecule has 1 amide bonds. The number of carbonyl (C=O) groups is 2. The third-order valence-electron chi connectivity index (χ3n) is 6.96. The molecule has 0 spiro atoms. The van der Waals surface area contributed by atoms with Crippen molar-refractivity contribution in [3.05, 3.63) is 64.7 Å². The summed E-state index contributed by atoms with van der Waals surface area (Å²) in [5.41, 5.74) is 5.57. The number of carbonyl (C=O) groups excluding carboxylic acids is 2. The minimum absolute atomic E-state index is 0.0527. The van der Waals surface area contributed by atoms with E-state index >= 15 is 0 Å². The number of benzene rings is 2. The first kappa shape index (κ1) is 24.0. The second-order valence-electron chi connectivity index (χ2n) is 9.14. The topological polar surface area (TPSA) is 88.1 Å². The molecule has 2 aromatic carbocycles. The van der Waals surface area contributed by atoms with Gasteiger partial charge in [-0.15, -0.1) is 0 Å². The van der Waals surface area contributed by atoms with E-state index < -0.39 is 5.91 Å². The van der Waals surface area contributed by atoms with Crippen LogP contribution in [0.3, 0.4) is 0 Å². The molecule has 1 heterocycles. The van der Waals surface area contributed by atoms with Crippen molar-refractivity contribution in [2.75, 3.05) is 27.3 Å². The van der Waals surface area contributed by atoms with Crippen molar-refractivity contribution >= 4 is 17.8 Å². The molecule has 0 radical (unpaired) electrons. The summed E-state index contributed by atoms with van der Waals surface area (Å²) in [4.78, 5) is 26.6. The summed E-state index contributed by atoms with van der Waals surface area (Å²) >= 11 is 0. The fraction of sp³-hybridized carbons (Fsp3) is 0.407. The number of nitrogens with zero attached hydrogens (tertiary/aromatic N) is 1. The number of amides is 1. The Kier molecular flexibility index (Phi) is 7.65. The molecule has 7 heteroatoms. The molecule has 4 rings (SSSR count). The molecule has 0 aromatic heterocycles. The average Bonchev–Trinajstić information content (AvgIpc) is 3.17. The van der Waals surface area contributed by atoms with Gasteiger partial charge in [0.2, 0.25) is 0 Å². The minimum atomic E-state index is -0.547. The normalized spacial score (nSPS) is 18.8. The standard InChI is InChI=1S/C27H32N2O5/c1-33-24-15-21-14-22(27(31)23(21)16-25(24)34-2)13-19-9-11-29(12-10-19)17-20-5-3-18(4-6-20)7-8-26(30)28-32/h3-8,15-16,19,22,32H,9-14,17H2,1-2H3,(H,28,30)/b8-7+. The molecule has 34 heavy (non-hydrogen) atoms. The van der Waals surface area contributed by atoms with Crippen LogP contribution in [-0.2, 0) is 17.8 Å². The maximum Gasteiger partial charge on any atom is 0.267 e. The molecule has 1 aliphatic heterocycles. The largest absolute Gasteiger partial charge is 0.493 e. The van der Waals surface area contributed by atoms with Crippen molar-refractivity contribution in [3.63, 3.8) is 0 Å². The van der Waals surface area contributed by atoms with Crippen LogP contribution in [0.15, 0.2) is 42.5 Å². The molecule has 1 aliphatic carbocycles. The number of ether oxygens (including phenoxy) is 2. The number of ketones is 1. The highest BCUT2D eigenvalue weighted by Crippen LogP contribution is 2.39. The van der Waals surface area contributed by atoms with E-state index in [4.69, 9.17) is 14.7 Å². The number of hydrogen-bond acceptors (Lipinski definition) is 6. The molecule has 2 aromatic rings. The number of nitrogens with one attached hydrogen (secondary N) is 1. The zero-order chi connectivity index (χ0) is 24.1. The zero-order valence-electron chi connectivity index (χ0n) is 19.8. The third-order valence-corrected chi connectivity index (χ3v) is 6.96. The quantitative estimate of drug-likeness (QED) is 0.350. The number of Topliss-reactive ketones (excluding diaryl/α,β-unsaturated/α-hetero) is 1. The SMILES string of the molecule is COc1cc2c(cc1OC)C(=O)C(CC1CCN(Cc3ccc(/C=C/C(=O)NO)cc3)CC1)C2. The summed E-state index contributed by atoms with van der Waals surface area (Å²) in [6.07, 6.45) is 6.88. The van der Waals surface area contributed by atoms with Gasteiger partial charge in [-0.3, -0.25) is 19.7 Å². The predicted octanol–water partition coefficient (Wildman–Crippen LogP) is 3.88. The molecule has 2 N–H and O–H groups in total. The van der Waals surface area contributed by atoms with Gasteiger partial charge in [-0.05, 0) is 79.6 Å². The molecule has 1 unspecified atom stereocenters. The fourth-order valence-corrected chi connectivity index (χ4v) is 5.07. The van der Waals surface area contributed by atoms with Crippen molar-refractivity contribution < 1.29 is 24.3 Å². The first-order valence-electron chi connectivity index (χ1n) is 11.7. The van der Waals surface area contributed by atoms with E-state index in [-0.39, 0.29) is 11.7 Å². The first-order valence-corrected chi connectivity index (χ1v) is 11.7. The molecule has 180 valence electrons. The Labute approximate surface area is 200 Å². The van der Waals surface area contributed by atoms with E-state index in [1.165, 1.54) is 11.6 Å². The first-order chi connectivity index (χ1) is 16.5. The van der Waals surface area contributed by atoms with Gasteiger partial charge >= 0.3 is 0 Å². The third kappa shape index (κ3) is 5.48. The summed E-state index contributed by atoms with van der Waals surface area (Å²) in [5, 5.41) is 8.55. The Morgan fingerprint density at radius 1 is 1.12 bits per heavy atom. The zero-order valence-corrected chi connectivity index (χ0v) is 19.8. The van der Waals surface area contributed by atoms with Crippen molar-refractivity contribution in [1.82, 2.24) is 10.4 Å². The molecule has 0 bridgehead atoms. The maximum absolute atomic E-state index is 13.0. The molecule has 0 saturated carbocycles. The number of rotatable bonds is 8. The van der Waals surface area contributed by atoms with Gasteiger partial charge in [0, 0.05) is 24.1 Å². The summed E-state index contributed by atoms with van der Waals surface area (Å²) in [5.74, 6) is 1.61. The highest BCUT2D eigenvalue weighted by atomic mass is 16.5. The van der Waals surface area contributed by atoms with Crippen LogP contribution in [0.2, 0.25) is 0 Å². The Bertz CT molecular complexity index is 1060. The van der Waals surface area contributed by atoms with E-state index in [1.54, 1.807) is 25.8 Å². The predicted molar refractivity (Wildman–Crippen MR) is 129 cm³/mol. The van der Waals surface area contributed by atoms with E-state index in [2.05, 4.69) is 17.0 Å². The number of likely N-dealkylation sites (tertiary alicyclic amines) is 1. The Morgan fingerprint density at radius 3 is 2.44 bits per heavy atom. The minimum Gasteiger partial charge on any atom is -0.493 e. The van der Waals surface area contributed by atoms with Crippen LogP contribution >= 0.6 is 0 Å². The second-order valence-corrected chi connectivity index (χ2v) is 9.14. The van der Waals surface area contributed by atoms with Crippen LogP contribution in [0.1, 0.15) is 46.3 Å². The van der Waals surface area contributed by atoms with Gasteiger partial charge in [-0.1, -0.05) is 24.3 Å². The Morgan fingerprint density at radius 2 is 1.79 bits per heavy atom. The van der Waals surface area contributed by atoms with Gasteiger partial charge in [0.1, 0.15) is 0 Å². The summed E-state index contributed by atoms with van der Waals surface area (Å²) in [7, 11) is 3.22. The van der Waals surface area contributed by atoms with Crippen LogP contribution in [0.25, 0.3) is 6.08 Å². The number of piperidine rings is 1. The van der Waals surface area contributed by atoms with Crippen molar-refractivity contribution in [1.29, 1.82) is 0 Å². The summed E-state index contributed by atoms with van der Waals surface area (Å²) in [6.45, 7) is 2.94. The van der Waals surface area contributed by atoms with Crippen LogP contribution in [0.4, 0.5) is 0 Å². The van der Waals surface area contributed by atoms with Crippen LogP contribution in [-0.4, -0.2) is 49.1 Å². The van der Waals surface area contributed by atoms with E-state index in [9.17, 15) is 9.59 Å². The van der Waals surface area contributed by atoms with Gasteiger partial charge in [0.15, 0.2) is 17.3 Å². The molecular formula is C27H32N2O5. The lowest BCUT2D eigenvalue weighted by Gasteiger charge is -2.33. The number of fused-ring (bicyclic) bond motifs is 1. The van der Waals surface area contributed by atoms with E-state index in [1.807, 2.05) is 24.3 Å².